The zero-order valence-corrected chi connectivity index (χ0v) is 17.0. The summed E-state index contributed by atoms with van der Waals surface area (Å²) in [4.78, 5) is 19.2. The second-order valence-corrected chi connectivity index (χ2v) is 7.48. The van der Waals surface area contributed by atoms with Gasteiger partial charge in [-0.15, -0.1) is 0 Å². The Bertz CT molecular complexity index is 1080. The molecule has 1 aliphatic heterocycles. The number of carbonyl (C=O) groups excluding carboxylic acids is 1. The lowest BCUT2D eigenvalue weighted by atomic mass is 9.94. The van der Waals surface area contributed by atoms with Gasteiger partial charge < -0.3 is 15.0 Å². The van der Waals surface area contributed by atoms with Crippen molar-refractivity contribution in [3.8, 4) is 11.8 Å². The molecule has 1 aliphatic rings. The van der Waals surface area contributed by atoms with Crippen LogP contribution in [0.25, 0.3) is 10.9 Å². The summed E-state index contributed by atoms with van der Waals surface area (Å²) in [5, 5.41) is 13.6. The van der Waals surface area contributed by atoms with Crippen molar-refractivity contribution in [2.75, 3.05) is 25.1 Å². The SMILES string of the molecule is COc1ccc2c(N3CCC(C(=O)NCc4ccccc4)CC3)c(C#N)cnc2c1. The monoisotopic (exact) mass is 400 g/mol. The van der Waals surface area contributed by atoms with Crippen LogP contribution < -0.4 is 15.0 Å². The van der Waals surface area contributed by atoms with Crippen LogP contribution in [0.2, 0.25) is 0 Å². The summed E-state index contributed by atoms with van der Waals surface area (Å²) < 4.78 is 5.30. The summed E-state index contributed by atoms with van der Waals surface area (Å²) in [5.41, 5.74) is 3.35. The third kappa shape index (κ3) is 4.06. The van der Waals surface area contributed by atoms with E-state index in [1.165, 1.54) is 0 Å². The number of anilines is 1. The predicted octanol–water partition coefficient (Wildman–Crippen LogP) is 3.65. The number of ether oxygens (including phenoxy) is 1. The van der Waals surface area contributed by atoms with E-state index in [0.29, 0.717) is 12.1 Å². The van der Waals surface area contributed by atoms with Gasteiger partial charge in [0, 0.05) is 43.2 Å². The first kappa shape index (κ1) is 19.7. The molecule has 3 aromatic rings. The van der Waals surface area contributed by atoms with E-state index in [9.17, 15) is 10.1 Å². The molecule has 152 valence electrons. The van der Waals surface area contributed by atoms with Gasteiger partial charge in [-0.25, -0.2) is 0 Å². The first-order valence-corrected chi connectivity index (χ1v) is 10.1. The molecule has 0 radical (unpaired) electrons. The van der Waals surface area contributed by atoms with Crippen molar-refractivity contribution >= 4 is 22.5 Å². The average Bonchev–Trinajstić information content (AvgIpc) is 2.82. The maximum Gasteiger partial charge on any atom is 0.223 e. The molecular formula is C24H24N4O2. The van der Waals surface area contributed by atoms with Gasteiger partial charge in [0.15, 0.2) is 0 Å². The molecule has 0 unspecified atom stereocenters. The Labute approximate surface area is 176 Å². The molecule has 0 atom stereocenters. The standard InChI is InChI=1S/C24H24N4O2/c1-30-20-7-8-21-22(13-20)26-16-19(14-25)23(21)28-11-9-18(10-12-28)24(29)27-15-17-5-3-2-4-6-17/h2-8,13,16,18H,9-12,15H2,1H3,(H,27,29). The molecular weight excluding hydrogens is 376 g/mol. The minimum absolute atomic E-state index is 0.0105. The van der Waals surface area contributed by atoms with Gasteiger partial charge in [-0.05, 0) is 30.5 Å². The Morgan fingerprint density at radius 2 is 2.00 bits per heavy atom. The van der Waals surface area contributed by atoms with E-state index in [0.717, 1.165) is 53.8 Å². The number of nitriles is 1. The number of hydrogen-bond donors (Lipinski definition) is 1. The smallest absolute Gasteiger partial charge is 0.223 e. The van der Waals surface area contributed by atoms with E-state index in [-0.39, 0.29) is 11.8 Å². The number of hydrogen-bond acceptors (Lipinski definition) is 5. The number of amides is 1. The molecule has 4 rings (SSSR count). The highest BCUT2D eigenvalue weighted by Crippen LogP contribution is 2.34. The van der Waals surface area contributed by atoms with Crippen LogP contribution in [-0.2, 0) is 11.3 Å². The summed E-state index contributed by atoms with van der Waals surface area (Å²) in [6.45, 7) is 2.00. The lowest BCUT2D eigenvalue weighted by Gasteiger charge is -2.34. The van der Waals surface area contributed by atoms with Gasteiger partial charge in [-0.1, -0.05) is 30.3 Å². The topological polar surface area (TPSA) is 78.2 Å². The summed E-state index contributed by atoms with van der Waals surface area (Å²) in [6.07, 6.45) is 3.13. The Morgan fingerprint density at radius 1 is 1.23 bits per heavy atom. The maximum absolute atomic E-state index is 12.6. The molecule has 0 aliphatic carbocycles. The number of piperidine rings is 1. The van der Waals surface area contributed by atoms with Crippen LogP contribution in [0.3, 0.4) is 0 Å². The molecule has 0 bridgehead atoms. The normalized spacial score (nSPS) is 14.3. The number of methoxy groups -OCH3 is 1. The van der Waals surface area contributed by atoms with E-state index in [1.807, 2.05) is 48.5 Å². The zero-order valence-electron chi connectivity index (χ0n) is 17.0. The number of carbonyl (C=O) groups is 1. The highest BCUT2D eigenvalue weighted by atomic mass is 16.5. The summed E-state index contributed by atoms with van der Waals surface area (Å²) in [6, 6.07) is 17.9. The minimum atomic E-state index is -0.0105. The molecule has 6 nitrogen and oxygen atoms in total. The van der Waals surface area contributed by atoms with Crippen LogP contribution >= 0.6 is 0 Å². The van der Waals surface area contributed by atoms with Crippen molar-refractivity contribution in [3.05, 3.63) is 65.9 Å². The van der Waals surface area contributed by atoms with Crippen LogP contribution in [0.4, 0.5) is 5.69 Å². The molecule has 1 N–H and O–H groups in total. The molecule has 1 aromatic heterocycles. The number of nitrogens with zero attached hydrogens (tertiary/aromatic N) is 3. The van der Waals surface area contributed by atoms with Gasteiger partial charge in [-0.2, -0.15) is 5.26 Å². The third-order valence-corrected chi connectivity index (χ3v) is 5.66. The summed E-state index contributed by atoms with van der Waals surface area (Å²) >= 11 is 0. The lowest BCUT2D eigenvalue weighted by molar-refractivity contribution is -0.125. The highest BCUT2D eigenvalue weighted by Gasteiger charge is 2.27. The van der Waals surface area contributed by atoms with Crippen molar-refractivity contribution < 1.29 is 9.53 Å². The predicted molar refractivity (Wildman–Crippen MR) is 116 cm³/mol. The number of fused-ring (bicyclic) bond motifs is 1. The molecule has 30 heavy (non-hydrogen) atoms. The van der Waals surface area contributed by atoms with Crippen LogP contribution in [-0.4, -0.2) is 31.1 Å². The number of nitrogens with one attached hydrogen (secondary N) is 1. The molecule has 0 spiro atoms. The molecule has 1 fully saturated rings. The Morgan fingerprint density at radius 3 is 2.70 bits per heavy atom. The molecule has 1 saturated heterocycles. The number of aromatic nitrogens is 1. The van der Waals surface area contributed by atoms with Gasteiger partial charge in [-0.3, -0.25) is 9.78 Å². The van der Waals surface area contributed by atoms with Crippen molar-refractivity contribution in [1.29, 1.82) is 5.26 Å². The third-order valence-electron chi connectivity index (χ3n) is 5.66. The molecule has 2 aromatic carbocycles. The second-order valence-electron chi connectivity index (χ2n) is 7.48. The Hall–Kier alpha value is -3.59. The zero-order chi connectivity index (χ0) is 20.9. The lowest BCUT2D eigenvalue weighted by Crippen LogP contribution is -2.40. The average molecular weight is 400 g/mol. The van der Waals surface area contributed by atoms with Gasteiger partial charge >= 0.3 is 0 Å². The van der Waals surface area contributed by atoms with Crippen molar-refractivity contribution in [1.82, 2.24) is 10.3 Å². The van der Waals surface area contributed by atoms with Gasteiger partial charge in [0.2, 0.25) is 5.91 Å². The van der Waals surface area contributed by atoms with Crippen molar-refractivity contribution in [2.24, 2.45) is 5.92 Å². The van der Waals surface area contributed by atoms with Crippen LogP contribution in [0.15, 0.2) is 54.7 Å². The first-order valence-electron chi connectivity index (χ1n) is 10.1. The molecule has 6 heteroatoms. The Kier molecular flexibility index (Phi) is 5.80. The fourth-order valence-corrected chi connectivity index (χ4v) is 4.00. The number of pyridine rings is 1. The summed E-state index contributed by atoms with van der Waals surface area (Å²) in [5.74, 6) is 0.825. The minimum Gasteiger partial charge on any atom is -0.497 e. The van der Waals surface area contributed by atoms with E-state index >= 15 is 0 Å². The largest absolute Gasteiger partial charge is 0.497 e. The molecule has 1 amide bonds. The molecule has 2 heterocycles. The molecule has 0 saturated carbocycles. The van der Waals surface area contributed by atoms with E-state index < -0.39 is 0 Å². The summed E-state index contributed by atoms with van der Waals surface area (Å²) in [7, 11) is 1.62. The second kappa shape index (κ2) is 8.83. The van der Waals surface area contributed by atoms with Crippen molar-refractivity contribution in [2.45, 2.75) is 19.4 Å². The van der Waals surface area contributed by atoms with Crippen LogP contribution in [0.5, 0.6) is 5.75 Å². The van der Waals surface area contributed by atoms with Gasteiger partial charge in [0.1, 0.15) is 11.8 Å². The van der Waals surface area contributed by atoms with Crippen LogP contribution in [0.1, 0.15) is 24.0 Å². The van der Waals surface area contributed by atoms with Crippen molar-refractivity contribution in [3.63, 3.8) is 0 Å². The fraction of sp³-hybridized carbons (Fsp3) is 0.292. The van der Waals surface area contributed by atoms with E-state index in [2.05, 4.69) is 21.3 Å². The number of benzene rings is 2. The van der Waals surface area contributed by atoms with E-state index in [4.69, 9.17) is 4.74 Å². The van der Waals surface area contributed by atoms with E-state index in [1.54, 1.807) is 13.3 Å². The quantitative estimate of drug-likeness (QED) is 0.707. The highest BCUT2D eigenvalue weighted by molar-refractivity contribution is 5.95. The van der Waals surface area contributed by atoms with Crippen LogP contribution in [0, 0.1) is 17.2 Å². The fourth-order valence-electron chi connectivity index (χ4n) is 4.00. The van der Waals surface area contributed by atoms with Gasteiger partial charge in [0.25, 0.3) is 0 Å². The Balaban J connectivity index is 1.46. The maximum atomic E-state index is 12.6. The first-order chi connectivity index (χ1) is 14.7. The number of rotatable bonds is 5. The van der Waals surface area contributed by atoms with Gasteiger partial charge in [0.05, 0.1) is 23.9 Å².